The van der Waals surface area contributed by atoms with Crippen LogP contribution >= 0.6 is 11.3 Å². The molecule has 1 fully saturated rings. The number of nitrogens with zero attached hydrogens (tertiary/aromatic N) is 1. The number of amides is 2. The standard InChI is InChI=1S/C19H22N2O2S/c1-13(2)14-6-3-7-15(12-14)20-18(22)16-8-4-10-21(16)19(23)17-9-5-11-24-17/h3,5-7,9,11-13,16H,4,8,10H2,1-2H3,(H,20,22)/t16-/m0/s1. The number of hydrogen-bond donors (Lipinski definition) is 1. The third-order valence-corrected chi connectivity index (χ3v) is 5.23. The zero-order chi connectivity index (χ0) is 17.1. The van der Waals surface area contributed by atoms with Gasteiger partial charge in [-0.3, -0.25) is 9.59 Å². The molecule has 1 aliphatic rings. The van der Waals surface area contributed by atoms with Crippen LogP contribution in [0.4, 0.5) is 5.69 Å². The number of anilines is 1. The second kappa shape index (κ2) is 7.18. The van der Waals surface area contributed by atoms with Gasteiger partial charge >= 0.3 is 0 Å². The summed E-state index contributed by atoms with van der Waals surface area (Å²) in [7, 11) is 0. The average Bonchev–Trinajstić information content (AvgIpc) is 3.26. The molecule has 0 saturated carbocycles. The minimum Gasteiger partial charge on any atom is -0.326 e. The fourth-order valence-corrected chi connectivity index (χ4v) is 3.70. The predicted octanol–water partition coefficient (Wildman–Crippen LogP) is 4.11. The topological polar surface area (TPSA) is 49.4 Å². The highest BCUT2D eigenvalue weighted by Crippen LogP contribution is 2.24. The summed E-state index contributed by atoms with van der Waals surface area (Å²) in [5.74, 6) is 0.266. The Balaban J connectivity index is 1.72. The largest absolute Gasteiger partial charge is 0.326 e. The van der Waals surface area contributed by atoms with E-state index in [9.17, 15) is 9.59 Å². The number of hydrogen-bond acceptors (Lipinski definition) is 3. The first-order valence-electron chi connectivity index (χ1n) is 8.31. The van der Waals surface area contributed by atoms with Crippen molar-refractivity contribution >= 4 is 28.8 Å². The molecule has 4 nitrogen and oxygen atoms in total. The van der Waals surface area contributed by atoms with Crippen LogP contribution in [0.3, 0.4) is 0 Å². The van der Waals surface area contributed by atoms with Gasteiger partial charge in [-0.05, 0) is 47.9 Å². The Morgan fingerprint density at radius 3 is 2.79 bits per heavy atom. The van der Waals surface area contributed by atoms with Crippen molar-refractivity contribution in [2.45, 2.75) is 38.6 Å². The molecule has 1 aromatic carbocycles. The van der Waals surface area contributed by atoms with Crippen molar-refractivity contribution in [1.29, 1.82) is 0 Å². The molecule has 2 heterocycles. The maximum atomic E-state index is 12.7. The van der Waals surface area contributed by atoms with E-state index in [1.165, 1.54) is 16.9 Å². The number of likely N-dealkylation sites (tertiary alicyclic amines) is 1. The molecular weight excluding hydrogens is 320 g/mol. The Labute approximate surface area is 146 Å². The molecule has 126 valence electrons. The van der Waals surface area contributed by atoms with E-state index in [2.05, 4.69) is 25.2 Å². The molecule has 0 radical (unpaired) electrons. The summed E-state index contributed by atoms with van der Waals surface area (Å²) < 4.78 is 0. The molecule has 0 spiro atoms. The van der Waals surface area contributed by atoms with Crippen molar-refractivity contribution in [3.63, 3.8) is 0 Å². The fraction of sp³-hybridized carbons (Fsp3) is 0.368. The van der Waals surface area contributed by atoms with Crippen molar-refractivity contribution in [3.05, 3.63) is 52.2 Å². The van der Waals surface area contributed by atoms with E-state index < -0.39 is 0 Å². The molecule has 5 heteroatoms. The average molecular weight is 342 g/mol. The van der Waals surface area contributed by atoms with Crippen LogP contribution in [0.5, 0.6) is 0 Å². The van der Waals surface area contributed by atoms with Crippen LogP contribution in [-0.2, 0) is 4.79 Å². The maximum absolute atomic E-state index is 12.7. The molecule has 1 aliphatic heterocycles. The van der Waals surface area contributed by atoms with E-state index >= 15 is 0 Å². The molecule has 1 N–H and O–H groups in total. The van der Waals surface area contributed by atoms with Crippen LogP contribution in [0.1, 0.15) is 47.8 Å². The van der Waals surface area contributed by atoms with Gasteiger partial charge in [-0.1, -0.05) is 32.0 Å². The zero-order valence-corrected chi connectivity index (χ0v) is 14.8. The molecule has 1 saturated heterocycles. The second-order valence-electron chi connectivity index (χ2n) is 6.40. The Kier molecular flexibility index (Phi) is 5.00. The Morgan fingerprint density at radius 1 is 1.25 bits per heavy atom. The highest BCUT2D eigenvalue weighted by atomic mass is 32.1. The fourth-order valence-electron chi connectivity index (χ4n) is 3.03. The number of carbonyl (C=O) groups excluding carboxylic acids is 2. The van der Waals surface area contributed by atoms with Crippen LogP contribution in [-0.4, -0.2) is 29.3 Å². The van der Waals surface area contributed by atoms with Crippen molar-refractivity contribution < 1.29 is 9.59 Å². The van der Waals surface area contributed by atoms with E-state index in [1.54, 1.807) is 4.90 Å². The van der Waals surface area contributed by atoms with Gasteiger partial charge in [-0.15, -0.1) is 11.3 Å². The van der Waals surface area contributed by atoms with Crippen molar-refractivity contribution in [2.24, 2.45) is 0 Å². The summed E-state index contributed by atoms with van der Waals surface area (Å²) in [5.41, 5.74) is 1.98. The number of carbonyl (C=O) groups is 2. The third-order valence-electron chi connectivity index (χ3n) is 4.37. The van der Waals surface area contributed by atoms with Gasteiger partial charge in [0.15, 0.2) is 0 Å². The highest BCUT2D eigenvalue weighted by molar-refractivity contribution is 7.12. The van der Waals surface area contributed by atoms with Crippen LogP contribution in [0.15, 0.2) is 41.8 Å². The predicted molar refractivity (Wildman–Crippen MR) is 97.5 cm³/mol. The molecule has 2 aromatic rings. The lowest BCUT2D eigenvalue weighted by Gasteiger charge is -2.23. The molecular formula is C19H22N2O2S. The first-order valence-corrected chi connectivity index (χ1v) is 9.19. The van der Waals surface area contributed by atoms with Gasteiger partial charge in [0.1, 0.15) is 6.04 Å². The summed E-state index contributed by atoms with van der Waals surface area (Å²) in [6.07, 6.45) is 1.58. The lowest BCUT2D eigenvalue weighted by Crippen LogP contribution is -2.42. The van der Waals surface area contributed by atoms with Crippen LogP contribution < -0.4 is 5.32 Å². The van der Waals surface area contributed by atoms with Crippen LogP contribution in [0, 0.1) is 0 Å². The Hall–Kier alpha value is -2.14. The van der Waals surface area contributed by atoms with Gasteiger partial charge in [-0.2, -0.15) is 0 Å². The molecule has 0 bridgehead atoms. The summed E-state index contributed by atoms with van der Waals surface area (Å²) >= 11 is 1.42. The Bertz CT molecular complexity index is 725. The quantitative estimate of drug-likeness (QED) is 0.909. The van der Waals surface area contributed by atoms with E-state index in [1.807, 2.05) is 35.7 Å². The summed E-state index contributed by atoms with van der Waals surface area (Å²) in [5, 5.41) is 4.86. The van der Waals surface area contributed by atoms with E-state index in [0.29, 0.717) is 23.8 Å². The molecule has 1 atom stereocenters. The highest BCUT2D eigenvalue weighted by Gasteiger charge is 2.34. The normalized spacial score (nSPS) is 17.3. The molecule has 1 aromatic heterocycles. The zero-order valence-electron chi connectivity index (χ0n) is 14.0. The van der Waals surface area contributed by atoms with E-state index in [0.717, 1.165) is 12.1 Å². The maximum Gasteiger partial charge on any atom is 0.264 e. The van der Waals surface area contributed by atoms with E-state index in [-0.39, 0.29) is 17.9 Å². The monoisotopic (exact) mass is 342 g/mol. The van der Waals surface area contributed by atoms with Gasteiger partial charge in [-0.25, -0.2) is 0 Å². The smallest absolute Gasteiger partial charge is 0.264 e. The number of benzene rings is 1. The minimum atomic E-state index is -0.387. The van der Waals surface area contributed by atoms with Crippen molar-refractivity contribution in [3.8, 4) is 0 Å². The molecule has 2 amide bonds. The number of rotatable bonds is 4. The Morgan fingerprint density at radius 2 is 2.08 bits per heavy atom. The lowest BCUT2D eigenvalue weighted by molar-refractivity contribution is -0.119. The minimum absolute atomic E-state index is 0.0430. The van der Waals surface area contributed by atoms with Gasteiger partial charge in [0, 0.05) is 12.2 Å². The second-order valence-corrected chi connectivity index (χ2v) is 7.35. The molecule has 24 heavy (non-hydrogen) atoms. The lowest BCUT2D eigenvalue weighted by atomic mass is 10.0. The van der Waals surface area contributed by atoms with Gasteiger partial charge < -0.3 is 10.2 Å². The van der Waals surface area contributed by atoms with Crippen LogP contribution in [0.25, 0.3) is 0 Å². The third kappa shape index (κ3) is 3.51. The SMILES string of the molecule is CC(C)c1cccc(NC(=O)[C@@H]2CCCN2C(=O)c2cccs2)c1. The molecule has 3 rings (SSSR count). The number of thiophene rings is 1. The first-order chi connectivity index (χ1) is 11.6. The van der Waals surface area contributed by atoms with Gasteiger partial charge in [0.2, 0.25) is 5.91 Å². The van der Waals surface area contributed by atoms with Gasteiger partial charge in [0.25, 0.3) is 5.91 Å². The van der Waals surface area contributed by atoms with Gasteiger partial charge in [0.05, 0.1) is 4.88 Å². The first kappa shape index (κ1) is 16.7. The summed E-state index contributed by atoms with van der Waals surface area (Å²) in [4.78, 5) is 27.6. The number of nitrogens with one attached hydrogen (secondary N) is 1. The molecule has 0 unspecified atom stereocenters. The van der Waals surface area contributed by atoms with Crippen molar-refractivity contribution in [2.75, 3.05) is 11.9 Å². The van der Waals surface area contributed by atoms with E-state index in [4.69, 9.17) is 0 Å². The van der Waals surface area contributed by atoms with Crippen molar-refractivity contribution in [1.82, 2.24) is 4.90 Å². The summed E-state index contributed by atoms with van der Waals surface area (Å²) in [6.45, 7) is 4.89. The van der Waals surface area contributed by atoms with Crippen LogP contribution in [0.2, 0.25) is 0 Å². The molecule has 0 aliphatic carbocycles. The summed E-state index contributed by atoms with van der Waals surface area (Å²) in [6, 6.07) is 11.2.